The molecule has 192 valence electrons. The summed E-state index contributed by atoms with van der Waals surface area (Å²) in [4.78, 5) is 24.8. The minimum atomic E-state index is -3.74. The van der Waals surface area contributed by atoms with Crippen molar-refractivity contribution in [3.05, 3.63) is 90.5 Å². The number of sulfonamides is 1. The number of nitrogens with zero attached hydrogens (tertiary/aromatic N) is 1. The van der Waals surface area contributed by atoms with Crippen molar-refractivity contribution in [3.63, 3.8) is 0 Å². The van der Waals surface area contributed by atoms with Crippen LogP contribution in [0.1, 0.15) is 48.0 Å². The summed E-state index contributed by atoms with van der Waals surface area (Å²) in [6.07, 6.45) is 4.92. The van der Waals surface area contributed by atoms with Crippen molar-refractivity contribution >= 4 is 32.6 Å². The maximum absolute atomic E-state index is 13.6. The van der Waals surface area contributed by atoms with Gasteiger partial charge in [0.1, 0.15) is 0 Å². The highest BCUT2D eigenvalue weighted by atomic mass is 32.2. The Labute approximate surface area is 217 Å². The Morgan fingerprint density at radius 2 is 1.76 bits per heavy atom. The molecule has 1 saturated carbocycles. The van der Waals surface area contributed by atoms with Gasteiger partial charge in [-0.05, 0) is 78.8 Å². The van der Waals surface area contributed by atoms with Crippen LogP contribution in [0.5, 0.6) is 0 Å². The van der Waals surface area contributed by atoms with Gasteiger partial charge in [-0.2, -0.15) is 4.31 Å². The summed E-state index contributed by atoms with van der Waals surface area (Å²) in [6, 6.07) is 20.1. The van der Waals surface area contributed by atoms with Gasteiger partial charge in [-0.3, -0.25) is 9.59 Å². The Morgan fingerprint density at radius 1 is 1.03 bits per heavy atom. The Kier molecular flexibility index (Phi) is 6.88. The molecule has 2 fully saturated rings. The summed E-state index contributed by atoms with van der Waals surface area (Å²) < 4.78 is 28.9. The van der Waals surface area contributed by atoms with Crippen LogP contribution in [0.15, 0.2) is 84.3 Å². The van der Waals surface area contributed by atoms with E-state index in [0.717, 1.165) is 35.6 Å². The van der Waals surface area contributed by atoms with Gasteiger partial charge in [0.2, 0.25) is 15.9 Å². The molecule has 1 aliphatic carbocycles. The van der Waals surface area contributed by atoms with E-state index in [4.69, 9.17) is 0 Å². The number of rotatable bonds is 7. The molecule has 37 heavy (non-hydrogen) atoms. The van der Waals surface area contributed by atoms with Gasteiger partial charge in [0.25, 0.3) is 5.91 Å². The number of hydrogen-bond acceptors (Lipinski definition) is 4. The highest BCUT2D eigenvalue weighted by Crippen LogP contribution is 2.46. The molecule has 0 aromatic heterocycles. The number of carbonyl (C=O) groups is 2. The molecule has 1 unspecified atom stereocenters. The van der Waals surface area contributed by atoms with E-state index in [1.165, 1.54) is 18.2 Å². The third-order valence-electron chi connectivity index (χ3n) is 7.68. The molecule has 3 aromatic rings. The van der Waals surface area contributed by atoms with Crippen molar-refractivity contribution in [1.82, 2.24) is 14.9 Å². The van der Waals surface area contributed by atoms with Crippen molar-refractivity contribution in [2.24, 2.45) is 0 Å². The molecular formula is C29H31N3O4S. The minimum absolute atomic E-state index is 0.0648. The largest absolute Gasteiger partial charge is 0.350 e. The second-order valence-electron chi connectivity index (χ2n) is 9.90. The Morgan fingerprint density at radius 3 is 2.46 bits per heavy atom. The van der Waals surface area contributed by atoms with Gasteiger partial charge in [-0.25, -0.2) is 8.42 Å². The first-order valence-corrected chi connectivity index (χ1v) is 14.1. The fourth-order valence-corrected chi connectivity index (χ4v) is 7.45. The summed E-state index contributed by atoms with van der Waals surface area (Å²) in [5, 5.41) is 8.08. The van der Waals surface area contributed by atoms with Gasteiger partial charge < -0.3 is 10.6 Å². The highest BCUT2D eigenvalue weighted by molar-refractivity contribution is 7.89. The van der Waals surface area contributed by atoms with Gasteiger partial charge in [-0.15, -0.1) is 0 Å². The molecule has 5 rings (SSSR count). The standard InChI is InChI=1S/C29H31N3O4S/c1-2-27(33)31-24-15-18-32(29(19-24)16-6-17-29)37(35,36)25-13-11-22(12-14-25)28(34)30-20-23-9-5-8-21-7-3-4-10-26(21)23/h2-5,7-14,24H,1,6,15-20H2,(H,30,34)(H,31,33). The molecule has 8 heteroatoms. The van der Waals surface area contributed by atoms with E-state index in [-0.39, 0.29) is 22.8 Å². The van der Waals surface area contributed by atoms with Crippen molar-refractivity contribution in [2.45, 2.75) is 55.1 Å². The average molecular weight is 518 g/mol. The van der Waals surface area contributed by atoms with Crippen molar-refractivity contribution in [2.75, 3.05) is 6.54 Å². The number of benzene rings is 3. The fraction of sp³-hybridized carbons (Fsp3) is 0.310. The lowest BCUT2D eigenvalue weighted by atomic mass is 9.70. The average Bonchev–Trinajstić information content (AvgIpc) is 2.90. The molecule has 1 spiro atoms. The first kappa shape index (κ1) is 25.2. The van der Waals surface area contributed by atoms with E-state index < -0.39 is 15.6 Å². The van der Waals surface area contributed by atoms with Crippen LogP contribution in [0.4, 0.5) is 0 Å². The molecule has 1 heterocycles. The topological polar surface area (TPSA) is 95.6 Å². The summed E-state index contributed by atoms with van der Waals surface area (Å²) in [5.41, 5.74) is 0.956. The first-order chi connectivity index (χ1) is 17.8. The number of amides is 2. The zero-order valence-electron chi connectivity index (χ0n) is 20.7. The van der Waals surface area contributed by atoms with E-state index in [0.29, 0.717) is 31.5 Å². The van der Waals surface area contributed by atoms with Crippen molar-refractivity contribution in [1.29, 1.82) is 0 Å². The summed E-state index contributed by atoms with van der Waals surface area (Å²) >= 11 is 0. The van der Waals surface area contributed by atoms with Crippen LogP contribution < -0.4 is 10.6 Å². The predicted molar refractivity (Wildman–Crippen MR) is 143 cm³/mol. The molecule has 3 aromatic carbocycles. The zero-order chi connectivity index (χ0) is 26.0. The lowest BCUT2D eigenvalue weighted by molar-refractivity contribution is -0.117. The highest BCUT2D eigenvalue weighted by Gasteiger charge is 2.51. The molecular weight excluding hydrogens is 486 g/mol. The molecule has 2 amide bonds. The smallest absolute Gasteiger partial charge is 0.251 e. The van der Waals surface area contributed by atoms with Gasteiger partial charge in [0.15, 0.2) is 0 Å². The number of piperidine rings is 1. The molecule has 7 nitrogen and oxygen atoms in total. The zero-order valence-corrected chi connectivity index (χ0v) is 21.5. The molecule has 0 radical (unpaired) electrons. The molecule has 1 saturated heterocycles. The van der Waals surface area contributed by atoms with Crippen LogP contribution in [0.25, 0.3) is 10.8 Å². The van der Waals surface area contributed by atoms with E-state index in [1.807, 2.05) is 42.5 Å². The quantitative estimate of drug-likeness (QED) is 0.461. The van der Waals surface area contributed by atoms with Gasteiger partial charge >= 0.3 is 0 Å². The van der Waals surface area contributed by atoms with Crippen LogP contribution in [0.3, 0.4) is 0 Å². The van der Waals surface area contributed by atoms with E-state index >= 15 is 0 Å². The van der Waals surface area contributed by atoms with E-state index in [1.54, 1.807) is 16.4 Å². The number of fused-ring (bicyclic) bond motifs is 1. The SMILES string of the molecule is C=CC(=O)NC1CCN(S(=O)(=O)c2ccc(C(=O)NCc3cccc4ccccc34)cc2)C2(CCC2)C1. The van der Waals surface area contributed by atoms with Crippen LogP contribution in [-0.2, 0) is 21.4 Å². The Bertz CT molecular complexity index is 1440. The maximum Gasteiger partial charge on any atom is 0.251 e. The maximum atomic E-state index is 13.6. The van der Waals surface area contributed by atoms with E-state index in [9.17, 15) is 18.0 Å². The third kappa shape index (κ3) is 4.91. The van der Waals surface area contributed by atoms with Gasteiger partial charge in [0, 0.05) is 30.2 Å². The number of hydrogen-bond donors (Lipinski definition) is 2. The molecule has 2 N–H and O–H groups in total. The van der Waals surface area contributed by atoms with Gasteiger partial charge in [0.05, 0.1) is 4.90 Å². The fourth-order valence-electron chi connectivity index (χ4n) is 5.60. The first-order valence-electron chi connectivity index (χ1n) is 12.6. The molecule has 0 bridgehead atoms. The van der Waals surface area contributed by atoms with Gasteiger partial charge in [-0.1, -0.05) is 49.0 Å². The van der Waals surface area contributed by atoms with E-state index in [2.05, 4.69) is 17.2 Å². The third-order valence-corrected chi connectivity index (χ3v) is 9.69. The molecule has 1 aliphatic heterocycles. The van der Waals surface area contributed by atoms with Crippen LogP contribution in [0.2, 0.25) is 0 Å². The number of carbonyl (C=O) groups excluding carboxylic acids is 2. The van der Waals surface area contributed by atoms with Crippen LogP contribution in [-0.4, -0.2) is 42.7 Å². The summed E-state index contributed by atoms with van der Waals surface area (Å²) in [7, 11) is -3.74. The minimum Gasteiger partial charge on any atom is -0.350 e. The monoisotopic (exact) mass is 517 g/mol. The van der Waals surface area contributed by atoms with Crippen molar-refractivity contribution in [3.8, 4) is 0 Å². The normalized spacial score (nSPS) is 19.2. The van der Waals surface area contributed by atoms with Crippen LogP contribution in [0, 0.1) is 0 Å². The predicted octanol–water partition coefficient (Wildman–Crippen LogP) is 4.15. The van der Waals surface area contributed by atoms with Crippen LogP contribution >= 0.6 is 0 Å². The second-order valence-corrected chi connectivity index (χ2v) is 11.8. The Hall–Kier alpha value is -3.49. The lowest BCUT2D eigenvalue weighted by Gasteiger charge is -2.54. The molecule has 1 atom stereocenters. The summed E-state index contributed by atoms with van der Waals surface area (Å²) in [5.74, 6) is -0.490. The van der Waals surface area contributed by atoms with Crippen molar-refractivity contribution < 1.29 is 18.0 Å². The summed E-state index contributed by atoms with van der Waals surface area (Å²) in [6.45, 7) is 4.22. The second kappa shape index (κ2) is 10.1. The lowest BCUT2D eigenvalue weighted by Crippen LogP contribution is -2.63. The number of nitrogens with one attached hydrogen (secondary N) is 2. The molecule has 2 aliphatic rings. The Balaban J connectivity index is 1.28.